The molecule has 0 saturated heterocycles. The highest BCUT2D eigenvalue weighted by atomic mass is 19.3. The first kappa shape index (κ1) is 19.3. The molecule has 0 fully saturated rings. The van der Waals surface area contributed by atoms with Gasteiger partial charge in [0.2, 0.25) is 5.91 Å². The first-order valence-corrected chi connectivity index (χ1v) is 8.65. The van der Waals surface area contributed by atoms with Crippen LogP contribution in [0.4, 0.5) is 20.2 Å². The molecule has 146 valence electrons. The topological polar surface area (TPSA) is 68.2 Å². The van der Waals surface area contributed by atoms with E-state index in [2.05, 4.69) is 20.5 Å². The predicted octanol–water partition coefficient (Wildman–Crippen LogP) is 4.14. The van der Waals surface area contributed by atoms with Crippen LogP contribution < -0.4 is 15.4 Å². The van der Waals surface area contributed by atoms with E-state index in [0.29, 0.717) is 17.1 Å². The van der Waals surface area contributed by atoms with E-state index >= 15 is 0 Å². The number of carbonyl (C=O) groups excluding carboxylic acids is 1. The number of hydrogen-bond donors (Lipinski definition) is 2. The molecular weight excluding hydrogens is 366 g/mol. The second-order valence-corrected chi connectivity index (χ2v) is 6.07. The second kappa shape index (κ2) is 8.51. The highest BCUT2D eigenvalue weighted by Gasteiger charge is 2.16. The van der Waals surface area contributed by atoms with Crippen LogP contribution in [0.15, 0.2) is 54.6 Å². The second-order valence-electron chi connectivity index (χ2n) is 6.07. The van der Waals surface area contributed by atoms with Crippen molar-refractivity contribution in [2.75, 3.05) is 17.2 Å². The molecule has 6 nitrogen and oxygen atoms in total. The number of nitrogens with one attached hydrogen (secondary N) is 2. The molecule has 0 aliphatic carbocycles. The van der Waals surface area contributed by atoms with Crippen LogP contribution >= 0.6 is 0 Å². The van der Waals surface area contributed by atoms with Crippen molar-refractivity contribution in [1.82, 2.24) is 9.78 Å². The third-order valence-electron chi connectivity index (χ3n) is 4.10. The summed E-state index contributed by atoms with van der Waals surface area (Å²) in [4.78, 5) is 12.4. The van der Waals surface area contributed by atoms with Crippen LogP contribution in [0, 0.1) is 13.8 Å². The van der Waals surface area contributed by atoms with Crippen LogP contribution in [0.5, 0.6) is 5.75 Å². The Bertz CT molecular complexity index is 958. The molecule has 2 N–H and O–H groups in total. The van der Waals surface area contributed by atoms with E-state index in [4.69, 9.17) is 0 Å². The Kier molecular flexibility index (Phi) is 5.88. The van der Waals surface area contributed by atoms with Crippen molar-refractivity contribution in [2.45, 2.75) is 20.5 Å². The van der Waals surface area contributed by atoms with E-state index in [-0.39, 0.29) is 18.2 Å². The minimum absolute atomic E-state index is 0.0189. The van der Waals surface area contributed by atoms with E-state index in [1.807, 2.05) is 37.3 Å². The van der Waals surface area contributed by atoms with Gasteiger partial charge in [0.05, 0.1) is 35.0 Å². The number of rotatable bonds is 7. The van der Waals surface area contributed by atoms with Crippen molar-refractivity contribution in [3.8, 4) is 11.4 Å². The summed E-state index contributed by atoms with van der Waals surface area (Å²) in [6.45, 7) is 0.619. The lowest BCUT2D eigenvalue weighted by Crippen LogP contribution is -2.22. The monoisotopic (exact) mass is 386 g/mol. The van der Waals surface area contributed by atoms with E-state index < -0.39 is 6.61 Å². The van der Waals surface area contributed by atoms with Gasteiger partial charge in [-0.3, -0.25) is 4.79 Å². The van der Waals surface area contributed by atoms with Gasteiger partial charge < -0.3 is 15.4 Å². The number of hydrogen-bond acceptors (Lipinski definition) is 4. The fourth-order valence-corrected chi connectivity index (χ4v) is 2.81. The summed E-state index contributed by atoms with van der Waals surface area (Å²) < 4.78 is 31.2. The highest BCUT2D eigenvalue weighted by molar-refractivity contribution is 5.95. The van der Waals surface area contributed by atoms with Crippen molar-refractivity contribution < 1.29 is 18.3 Å². The smallest absolute Gasteiger partial charge is 0.387 e. The van der Waals surface area contributed by atoms with Crippen molar-refractivity contribution >= 4 is 17.3 Å². The van der Waals surface area contributed by atoms with Gasteiger partial charge >= 0.3 is 6.61 Å². The van der Waals surface area contributed by atoms with E-state index in [1.54, 1.807) is 29.8 Å². The van der Waals surface area contributed by atoms with Crippen LogP contribution in [-0.4, -0.2) is 28.8 Å². The van der Waals surface area contributed by atoms with Gasteiger partial charge in [-0.15, -0.1) is 0 Å². The number of aryl methyl sites for hydroxylation is 1. The summed E-state index contributed by atoms with van der Waals surface area (Å²) in [5.41, 5.74) is 3.29. The number of ether oxygens (including phenoxy) is 1. The molecule has 3 rings (SSSR count). The number of benzene rings is 2. The molecule has 2 aromatic carbocycles. The van der Waals surface area contributed by atoms with Crippen molar-refractivity contribution in [1.29, 1.82) is 0 Å². The molecule has 0 unspecified atom stereocenters. The lowest BCUT2D eigenvalue weighted by Gasteiger charge is -2.12. The van der Waals surface area contributed by atoms with Gasteiger partial charge in [0, 0.05) is 0 Å². The van der Waals surface area contributed by atoms with Crippen molar-refractivity contribution in [3.63, 3.8) is 0 Å². The number of carbonyl (C=O) groups is 1. The van der Waals surface area contributed by atoms with Gasteiger partial charge in [-0.1, -0.05) is 30.3 Å². The van der Waals surface area contributed by atoms with Gasteiger partial charge in [-0.25, -0.2) is 4.68 Å². The van der Waals surface area contributed by atoms with Crippen LogP contribution in [0.2, 0.25) is 0 Å². The standard InChI is InChI=1S/C20H20F2N4O2/c1-13-19(14(2)26(25-13)15-8-4-3-5-9-15)24-18(27)12-23-16-10-6-7-11-17(16)28-20(21)22/h3-11,20,23H,12H2,1-2H3,(H,24,27). The van der Waals surface area contributed by atoms with Gasteiger partial charge in [0.1, 0.15) is 5.75 Å². The molecule has 0 aliphatic rings. The minimum Gasteiger partial charge on any atom is -0.433 e. The van der Waals surface area contributed by atoms with Gasteiger partial charge in [-0.05, 0) is 38.1 Å². The average Bonchev–Trinajstić information content (AvgIpc) is 2.96. The van der Waals surface area contributed by atoms with Gasteiger partial charge in [0.15, 0.2) is 0 Å². The third-order valence-corrected chi connectivity index (χ3v) is 4.10. The maximum atomic E-state index is 12.5. The fraction of sp³-hybridized carbons (Fsp3) is 0.200. The number of halogens is 2. The molecule has 8 heteroatoms. The molecule has 0 radical (unpaired) electrons. The summed E-state index contributed by atoms with van der Waals surface area (Å²) in [5, 5.41) is 10.1. The molecule has 1 heterocycles. The largest absolute Gasteiger partial charge is 0.433 e. The molecule has 1 aromatic heterocycles. The van der Waals surface area contributed by atoms with Gasteiger partial charge in [0.25, 0.3) is 0 Å². The molecule has 0 atom stereocenters. The Morgan fingerprint density at radius 2 is 1.79 bits per heavy atom. The molecule has 0 saturated carbocycles. The molecule has 1 amide bonds. The molecule has 0 bridgehead atoms. The van der Waals surface area contributed by atoms with Crippen molar-refractivity contribution in [3.05, 3.63) is 66.0 Å². The lowest BCUT2D eigenvalue weighted by molar-refractivity contribution is -0.114. The Hall–Kier alpha value is -3.42. The first-order valence-electron chi connectivity index (χ1n) is 8.65. The highest BCUT2D eigenvalue weighted by Crippen LogP contribution is 2.26. The maximum absolute atomic E-state index is 12.5. The molecule has 3 aromatic rings. The first-order chi connectivity index (χ1) is 13.5. The Morgan fingerprint density at radius 1 is 1.11 bits per heavy atom. The molecular formula is C20H20F2N4O2. The predicted molar refractivity (Wildman–Crippen MR) is 103 cm³/mol. The maximum Gasteiger partial charge on any atom is 0.387 e. The van der Waals surface area contributed by atoms with Crippen LogP contribution in [0.3, 0.4) is 0 Å². The zero-order valence-electron chi connectivity index (χ0n) is 15.4. The van der Waals surface area contributed by atoms with Crippen LogP contribution in [0.1, 0.15) is 11.4 Å². The summed E-state index contributed by atoms with van der Waals surface area (Å²) in [6, 6.07) is 15.8. The molecule has 28 heavy (non-hydrogen) atoms. The van der Waals surface area contributed by atoms with Gasteiger partial charge in [-0.2, -0.15) is 13.9 Å². The van der Waals surface area contributed by atoms with E-state index in [1.165, 1.54) is 6.07 Å². The zero-order chi connectivity index (χ0) is 20.1. The number of amides is 1. The Balaban J connectivity index is 1.69. The average molecular weight is 386 g/mol. The van der Waals surface area contributed by atoms with Crippen molar-refractivity contribution in [2.24, 2.45) is 0 Å². The lowest BCUT2D eigenvalue weighted by atomic mass is 10.2. The Morgan fingerprint density at radius 3 is 2.50 bits per heavy atom. The SMILES string of the molecule is Cc1nn(-c2ccccc2)c(C)c1NC(=O)CNc1ccccc1OC(F)F. The summed E-state index contributed by atoms with van der Waals surface area (Å²) in [7, 11) is 0. The summed E-state index contributed by atoms with van der Waals surface area (Å²) in [5.74, 6) is -0.347. The number of para-hydroxylation sites is 3. The number of anilines is 2. The summed E-state index contributed by atoms with van der Waals surface area (Å²) >= 11 is 0. The number of nitrogens with zero attached hydrogens (tertiary/aromatic N) is 2. The van der Waals surface area contributed by atoms with Crippen LogP contribution in [0.25, 0.3) is 5.69 Å². The van der Waals surface area contributed by atoms with E-state index in [0.717, 1.165) is 11.4 Å². The Labute approximate surface area is 161 Å². The molecule has 0 aliphatic heterocycles. The zero-order valence-corrected chi connectivity index (χ0v) is 15.4. The van der Waals surface area contributed by atoms with E-state index in [9.17, 15) is 13.6 Å². The quantitative estimate of drug-likeness (QED) is 0.640. The molecule has 0 spiro atoms. The van der Waals surface area contributed by atoms with Crippen LogP contribution in [-0.2, 0) is 4.79 Å². The normalized spacial score (nSPS) is 10.8. The minimum atomic E-state index is -2.94. The number of alkyl halides is 2. The third kappa shape index (κ3) is 4.46. The number of aromatic nitrogens is 2. The summed E-state index contributed by atoms with van der Waals surface area (Å²) in [6.07, 6.45) is 0. The fourth-order valence-electron chi connectivity index (χ4n) is 2.81.